The minimum Gasteiger partial charge on any atom is -0.325 e. The Hall–Kier alpha value is 0.912. The molecule has 1 N–H and O–H groups in total. The van der Waals surface area contributed by atoms with Crippen LogP contribution in [-0.4, -0.2) is 65.0 Å². The van der Waals surface area contributed by atoms with E-state index in [2.05, 4.69) is 11.1 Å². The van der Waals surface area contributed by atoms with Gasteiger partial charge in [0, 0.05) is 6.42 Å². The standard InChI is InChI=1S/C18H36O5S.2Mg.4H/c1-2-3-4-5-6-7-8-9-10-11-12-13-14-15-16-17-18(19)23-24(20,21)22;;;;;;/h2-17H2,1H3,(H,20,21,22);;;;;;. The van der Waals surface area contributed by atoms with Crippen molar-refractivity contribution in [2.24, 2.45) is 0 Å². The number of hydrogen-bond acceptors (Lipinski definition) is 4. The Bertz CT molecular complexity index is 402. The molecule has 152 valence electrons. The number of carbonyl (C=O) groups excluding carboxylic acids is 1. The van der Waals surface area contributed by atoms with Gasteiger partial charge in [0.15, 0.2) is 0 Å². The van der Waals surface area contributed by atoms with Crippen LogP contribution in [0.4, 0.5) is 0 Å². The fourth-order valence-electron chi connectivity index (χ4n) is 2.80. The molecule has 0 saturated carbocycles. The zero-order valence-electron chi connectivity index (χ0n) is 15.3. The lowest BCUT2D eigenvalue weighted by molar-refractivity contribution is -0.134. The lowest BCUT2D eigenvalue weighted by Crippen LogP contribution is -2.11. The molecule has 0 fully saturated rings. The van der Waals surface area contributed by atoms with E-state index in [1.54, 1.807) is 0 Å². The maximum absolute atomic E-state index is 11.0. The van der Waals surface area contributed by atoms with E-state index in [0.29, 0.717) is 6.42 Å². The van der Waals surface area contributed by atoms with E-state index in [4.69, 9.17) is 4.55 Å². The maximum atomic E-state index is 11.0. The zero-order chi connectivity index (χ0) is 18.1. The van der Waals surface area contributed by atoms with Crippen LogP contribution in [0.25, 0.3) is 0 Å². The molecule has 0 unspecified atom stereocenters. The van der Waals surface area contributed by atoms with Crippen LogP contribution < -0.4 is 0 Å². The number of carbonyl (C=O) groups is 1. The Balaban J connectivity index is -0.00000264. The predicted octanol–water partition coefficient (Wildman–Crippen LogP) is 3.76. The van der Waals surface area contributed by atoms with Gasteiger partial charge in [-0.2, -0.15) is 8.42 Å². The highest BCUT2D eigenvalue weighted by atomic mass is 32.3. The van der Waals surface area contributed by atoms with E-state index in [1.807, 2.05) is 0 Å². The first kappa shape index (κ1) is 31.6. The van der Waals surface area contributed by atoms with E-state index < -0.39 is 16.4 Å². The van der Waals surface area contributed by atoms with Gasteiger partial charge in [0.2, 0.25) is 0 Å². The van der Waals surface area contributed by atoms with E-state index >= 15 is 0 Å². The largest absolute Gasteiger partial charge is 0.448 e. The average molecular weight is 417 g/mol. The molecule has 26 heavy (non-hydrogen) atoms. The van der Waals surface area contributed by atoms with E-state index in [1.165, 1.54) is 70.6 Å². The first-order valence-corrected chi connectivity index (χ1v) is 11.0. The Morgan fingerprint density at radius 1 is 0.692 bits per heavy atom. The summed E-state index contributed by atoms with van der Waals surface area (Å²) in [5, 5.41) is 0. The first-order chi connectivity index (χ1) is 11.5. The second-order valence-corrected chi connectivity index (χ2v) is 7.60. The van der Waals surface area contributed by atoms with Crippen molar-refractivity contribution in [1.29, 1.82) is 0 Å². The van der Waals surface area contributed by atoms with Gasteiger partial charge in [-0.15, -0.1) is 0 Å². The monoisotopic (exact) mass is 416 g/mol. The molecule has 0 aliphatic heterocycles. The van der Waals surface area contributed by atoms with Crippen molar-refractivity contribution in [2.75, 3.05) is 0 Å². The van der Waals surface area contributed by atoms with Crippen molar-refractivity contribution >= 4 is 62.5 Å². The summed E-state index contributed by atoms with van der Waals surface area (Å²) in [6.07, 6.45) is 18.5. The highest BCUT2D eigenvalue weighted by Gasteiger charge is 2.12. The average Bonchev–Trinajstić information content (AvgIpc) is 2.49. The molecule has 0 aromatic carbocycles. The number of rotatable bonds is 17. The van der Waals surface area contributed by atoms with Crippen LogP contribution in [0.15, 0.2) is 0 Å². The molecule has 0 bridgehead atoms. The molecule has 0 saturated heterocycles. The lowest BCUT2D eigenvalue weighted by Gasteiger charge is -2.03. The lowest BCUT2D eigenvalue weighted by atomic mass is 10.0. The van der Waals surface area contributed by atoms with Crippen LogP contribution in [0, 0.1) is 0 Å². The van der Waals surface area contributed by atoms with Gasteiger partial charge in [0.05, 0.1) is 0 Å². The van der Waals surface area contributed by atoms with Crippen LogP contribution in [0.1, 0.15) is 110 Å². The van der Waals surface area contributed by atoms with Crippen molar-refractivity contribution < 1.29 is 21.9 Å². The molecular weight excluding hydrogens is 377 g/mol. The Kier molecular flexibility index (Phi) is 27.0. The normalized spacial score (nSPS) is 10.7. The van der Waals surface area contributed by atoms with Crippen molar-refractivity contribution in [3.8, 4) is 0 Å². The second-order valence-electron chi connectivity index (χ2n) is 6.58. The minimum atomic E-state index is -4.64. The minimum absolute atomic E-state index is 0. The summed E-state index contributed by atoms with van der Waals surface area (Å²) in [4.78, 5) is 11.0. The van der Waals surface area contributed by atoms with Gasteiger partial charge in [0.1, 0.15) is 0 Å². The van der Waals surface area contributed by atoms with Gasteiger partial charge in [0.25, 0.3) is 0 Å². The van der Waals surface area contributed by atoms with Gasteiger partial charge in [-0.25, -0.2) is 0 Å². The maximum Gasteiger partial charge on any atom is 0.448 e. The zero-order valence-corrected chi connectivity index (χ0v) is 16.1. The summed E-state index contributed by atoms with van der Waals surface area (Å²) in [6, 6.07) is 0. The fraction of sp³-hybridized carbons (Fsp3) is 0.944. The van der Waals surface area contributed by atoms with Crippen LogP contribution in [0.2, 0.25) is 0 Å². The van der Waals surface area contributed by atoms with Crippen molar-refractivity contribution in [2.45, 2.75) is 110 Å². The van der Waals surface area contributed by atoms with Gasteiger partial charge in [-0.1, -0.05) is 96.8 Å². The Labute approximate surface area is 193 Å². The van der Waals surface area contributed by atoms with Gasteiger partial charge >= 0.3 is 62.5 Å². The molecule has 5 nitrogen and oxygen atoms in total. The number of unbranched alkanes of at least 4 members (excludes halogenated alkanes) is 14. The van der Waals surface area contributed by atoms with Crippen molar-refractivity contribution in [3.05, 3.63) is 0 Å². The third-order valence-corrected chi connectivity index (χ3v) is 4.58. The van der Waals surface area contributed by atoms with Crippen molar-refractivity contribution in [3.63, 3.8) is 0 Å². The highest BCUT2D eigenvalue weighted by molar-refractivity contribution is 7.81. The van der Waals surface area contributed by atoms with Crippen molar-refractivity contribution in [1.82, 2.24) is 0 Å². The molecule has 0 rings (SSSR count). The van der Waals surface area contributed by atoms with Crippen LogP contribution in [0.3, 0.4) is 0 Å². The molecule has 0 atom stereocenters. The highest BCUT2D eigenvalue weighted by Crippen LogP contribution is 2.13. The summed E-state index contributed by atoms with van der Waals surface area (Å²) in [5.41, 5.74) is 0. The third-order valence-electron chi connectivity index (χ3n) is 4.18. The summed E-state index contributed by atoms with van der Waals surface area (Å²) in [6.45, 7) is 2.25. The summed E-state index contributed by atoms with van der Waals surface area (Å²) in [7, 11) is -4.64. The summed E-state index contributed by atoms with van der Waals surface area (Å²) < 4.78 is 32.8. The second kappa shape index (κ2) is 22.2. The van der Waals surface area contributed by atoms with Gasteiger partial charge < -0.3 is 4.18 Å². The molecule has 0 aliphatic rings. The first-order valence-electron chi connectivity index (χ1n) is 9.65. The SMILES string of the molecule is CCCCCCCCCCCCCCCCCC(=O)OS(=O)(=O)O.[MgH2].[MgH2]. The predicted molar refractivity (Wildman–Crippen MR) is 114 cm³/mol. The smallest absolute Gasteiger partial charge is 0.325 e. The fourth-order valence-corrected chi connectivity index (χ4v) is 3.12. The quantitative estimate of drug-likeness (QED) is 0.222. The van der Waals surface area contributed by atoms with E-state index in [-0.39, 0.29) is 52.5 Å². The van der Waals surface area contributed by atoms with Crippen LogP contribution in [-0.2, 0) is 19.4 Å². The molecule has 0 aromatic heterocycles. The summed E-state index contributed by atoms with van der Waals surface area (Å²) >= 11 is 0. The topological polar surface area (TPSA) is 80.7 Å². The van der Waals surface area contributed by atoms with Crippen LogP contribution >= 0.6 is 0 Å². The summed E-state index contributed by atoms with van der Waals surface area (Å²) in [5.74, 6) is -0.882. The van der Waals surface area contributed by atoms with Gasteiger partial charge in [-0.3, -0.25) is 9.35 Å². The van der Waals surface area contributed by atoms with Crippen LogP contribution in [0.5, 0.6) is 0 Å². The molecule has 0 aromatic rings. The molecule has 0 radical (unpaired) electrons. The molecule has 0 amide bonds. The molecule has 0 heterocycles. The van der Waals surface area contributed by atoms with E-state index in [9.17, 15) is 13.2 Å². The number of hydrogen-bond donors (Lipinski definition) is 1. The Morgan fingerprint density at radius 2 is 1.00 bits per heavy atom. The molecular formula is C18H40Mg2O5S. The third kappa shape index (κ3) is 27.1. The molecule has 0 aliphatic carbocycles. The van der Waals surface area contributed by atoms with Gasteiger partial charge in [-0.05, 0) is 6.42 Å². The molecule has 0 spiro atoms. The van der Waals surface area contributed by atoms with E-state index in [0.717, 1.165) is 19.3 Å². The molecule has 8 heteroatoms. The Morgan fingerprint density at radius 3 is 1.31 bits per heavy atom.